The third kappa shape index (κ3) is 3.47. The molecule has 98 valence electrons. The Bertz CT molecular complexity index is 326. The first-order chi connectivity index (χ1) is 8.15. The topological polar surface area (TPSA) is 47.1 Å². The number of hydrogen-bond acceptors (Lipinski definition) is 4. The molecule has 0 aliphatic heterocycles. The lowest BCUT2D eigenvalue weighted by Crippen LogP contribution is -2.40. The van der Waals surface area contributed by atoms with Crippen LogP contribution in [0.2, 0.25) is 0 Å². The molecule has 0 radical (unpaired) electrons. The van der Waals surface area contributed by atoms with Crippen LogP contribution in [0.25, 0.3) is 0 Å². The van der Waals surface area contributed by atoms with E-state index < -0.39 is 0 Å². The van der Waals surface area contributed by atoms with Gasteiger partial charge in [0.2, 0.25) is 0 Å². The minimum Gasteiger partial charge on any atom is -0.336 e. The van der Waals surface area contributed by atoms with Gasteiger partial charge < -0.3 is 10.3 Å². The summed E-state index contributed by atoms with van der Waals surface area (Å²) in [6, 6.07) is 0.813. The Morgan fingerprint density at radius 2 is 2.29 bits per heavy atom. The number of likely N-dealkylation sites (N-methyl/N-ethyl adjacent to an activating group) is 1. The molecule has 0 aromatic carbocycles. The van der Waals surface area contributed by atoms with E-state index in [9.17, 15) is 0 Å². The molecule has 2 atom stereocenters. The highest BCUT2D eigenvalue weighted by molar-refractivity contribution is 7.98. The van der Waals surface area contributed by atoms with Gasteiger partial charge in [0.15, 0.2) is 0 Å². The van der Waals surface area contributed by atoms with Crippen molar-refractivity contribution in [3.8, 4) is 0 Å². The van der Waals surface area contributed by atoms with Gasteiger partial charge in [-0.2, -0.15) is 11.8 Å². The third-order valence-corrected chi connectivity index (χ3v) is 4.03. The highest BCUT2D eigenvalue weighted by atomic mass is 32.2. The van der Waals surface area contributed by atoms with E-state index in [0.717, 1.165) is 12.2 Å². The molecule has 1 rings (SSSR count). The van der Waals surface area contributed by atoms with Crippen LogP contribution in [0.15, 0.2) is 12.5 Å². The van der Waals surface area contributed by atoms with Crippen LogP contribution in [-0.2, 0) is 7.05 Å². The van der Waals surface area contributed by atoms with Crippen LogP contribution in [0.3, 0.4) is 0 Å². The lowest BCUT2D eigenvalue weighted by atomic mass is 10.1. The summed E-state index contributed by atoms with van der Waals surface area (Å²) < 4.78 is 2.06. The molecule has 4 nitrogen and oxygen atoms in total. The molecule has 0 aliphatic carbocycles. The van der Waals surface area contributed by atoms with Crippen LogP contribution in [0.4, 0.5) is 0 Å². The predicted octanol–water partition coefficient (Wildman–Crippen LogP) is 1.49. The number of rotatable bonds is 7. The molecule has 0 aliphatic rings. The number of aromatic nitrogens is 2. The molecule has 1 heterocycles. The number of nitrogens with two attached hydrogens (primary N) is 1. The molecule has 1 aromatic rings. The maximum absolute atomic E-state index is 5.93. The Kier molecular flexibility index (Phi) is 6.02. The van der Waals surface area contributed by atoms with Gasteiger partial charge in [0, 0.05) is 31.6 Å². The molecular formula is C12H24N4S. The van der Waals surface area contributed by atoms with Gasteiger partial charge in [-0.25, -0.2) is 4.98 Å². The monoisotopic (exact) mass is 256 g/mol. The smallest absolute Gasteiger partial charge is 0.0946 e. The maximum atomic E-state index is 5.93. The second kappa shape index (κ2) is 7.03. The largest absolute Gasteiger partial charge is 0.336 e. The third-order valence-electron chi connectivity index (χ3n) is 3.32. The summed E-state index contributed by atoms with van der Waals surface area (Å²) in [5, 5.41) is 0. The number of imidazole rings is 1. The number of thioether (sulfide) groups is 1. The summed E-state index contributed by atoms with van der Waals surface area (Å²) in [6.07, 6.45) is 7.05. The van der Waals surface area contributed by atoms with E-state index in [-0.39, 0.29) is 6.04 Å². The van der Waals surface area contributed by atoms with Gasteiger partial charge in [-0.05, 0) is 19.7 Å². The average Bonchev–Trinajstić information content (AvgIpc) is 2.73. The van der Waals surface area contributed by atoms with Crippen molar-refractivity contribution >= 4 is 11.8 Å². The second-order valence-corrected chi connectivity index (χ2v) is 5.27. The zero-order chi connectivity index (χ0) is 12.8. The van der Waals surface area contributed by atoms with Gasteiger partial charge in [0.1, 0.15) is 0 Å². The highest BCUT2D eigenvalue weighted by Gasteiger charge is 2.23. The van der Waals surface area contributed by atoms with E-state index in [1.165, 1.54) is 5.69 Å². The van der Waals surface area contributed by atoms with E-state index >= 15 is 0 Å². The van der Waals surface area contributed by atoms with Crippen LogP contribution in [-0.4, -0.2) is 46.1 Å². The summed E-state index contributed by atoms with van der Waals surface area (Å²) in [7, 11) is 4.18. The van der Waals surface area contributed by atoms with E-state index in [1.54, 1.807) is 0 Å². The minimum absolute atomic E-state index is 0.250. The lowest BCUT2D eigenvalue weighted by molar-refractivity contribution is 0.182. The van der Waals surface area contributed by atoms with Gasteiger partial charge in [0.05, 0.1) is 18.1 Å². The van der Waals surface area contributed by atoms with Gasteiger partial charge in [0.25, 0.3) is 0 Å². The van der Waals surface area contributed by atoms with Gasteiger partial charge in [-0.1, -0.05) is 6.92 Å². The second-order valence-electron chi connectivity index (χ2n) is 4.36. The molecule has 0 fully saturated rings. The first-order valence-electron chi connectivity index (χ1n) is 6.02. The Hall–Kier alpha value is -0.520. The molecule has 1 aromatic heterocycles. The minimum atomic E-state index is 0.250. The molecule has 17 heavy (non-hydrogen) atoms. The average molecular weight is 256 g/mol. The summed E-state index contributed by atoms with van der Waals surface area (Å²) >= 11 is 1.89. The normalized spacial score (nSPS) is 15.2. The highest BCUT2D eigenvalue weighted by Crippen LogP contribution is 2.22. The summed E-state index contributed by atoms with van der Waals surface area (Å²) in [6.45, 7) is 2.86. The van der Waals surface area contributed by atoms with Crippen LogP contribution in [0.1, 0.15) is 25.1 Å². The van der Waals surface area contributed by atoms with Crippen LogP contribution < -0.4 is 5.73 Å². The summed E-state index contributed by atoms with van der Waals surface area (Å²) in [5.74, 6) is 1.14. The van der Waals surface area contributed by atoms with Crippen molar-refractivity contribution in [1.29, 1.82) is 0 Å². The molecule has 2 N–H and O–H groups in total. The molecule has 0 spiro atoms. The number of hydrogen-bond donors (Lipinski definition) is 1. The summed E-state index contributed by atoms with van der Waals surface area (Å²) in [5.41, 5.74) is 7.12. The van der Waals surface area contributed by atoms with Crippen LogP contribution in [0.5, 0.6) is 0 Å². The quantitative estimate of drug-likeness (QED) is 0.803. The van der Waals surface area contributed by atoms with Gasteiger partial charge in [-0.3, -0.25) is 4.90 Å². The van der Waals surface area contributed by atoms with E-state index in [1.807, 2.05) is 31.3 Å². The van der Waals surface area contributed by atoms with Crippen molar-refractivity contribution in [2.75, 3.05) is 25.6 Å². The SMILES string of the molecule is CCC(CSC)N(C)C(CN)c1cncn1C. The fourth-order valence-corrected chi connectivity index (χ4v) is 3.01. The van der Waals surface area contributed by atoms with Crippen molar-refractivity contribution in [3.05, 3.63) is 18.2 Å². The Morgan fingerprint density at radius 3 is 2.71 bits per heavy atom. The molecule has 5 heteroatoms. The fourth-order valence-electron chi connectivity index (χ4n) is 2.15. The Balaban J connectivity index is 2.83. The molecule has 2 unspecified atom stereocenters. The Labute approximate surface area is 109 Å². The molecule has 0 saturated carbocycles. The first kappa shape index (κ1) is 14.5. The Morgan fingerprint density at radius 1 is 1.59 bits per heavy atom. The molecule has 0 amide bonds. The van der Waals surface area contributed by atoms with E-state index in [0.29, 0.717) is 12.6 Å². The van der Waals surface area contributed by atoms with Crippen molar-refractivity contribution in [1.82, 2.24) is 14.5 Å². The molecule has 0 bridgehead atoms. The standard InChI is InChI=1S/C12H24N4S/c1-5-10(8-17-4)16(3)11(6-13)12-7-14-9-15(12)2/h7,9-11H,5-6,8,13H2,1-4H3. The van der Waals surface area contributed by atoms with Crippen molar-refractivity contribution in [2.45, 2.75) is 25.4 Å². The van der Waals surface area contributed by atoms with Crippen molar-refractivity contribution in [3.63, 3.8) is 0 Å². The summed E-state index contributed by atoms with van der Waals surface area (Å²) in [4.78, 5) is 6.56. The maximum Gasteiger partial charge on any atom is 0.0946 e. The van der Waals surface area contributed by atoms with Gasteiger partial charge >= 0.3 is 0 Å². The number of nitrogens with zero attached hydrogens (tertiary/aromatic N) is 3. The first-order valence-corrected chi connectivity index (χ1v) is 7.42. The fraction of sp³-hybridized carbons (Fsp3) is 0.750. The zero-order valence-corrected chi connectivity index (χ0v) is 12.1. The van der Waals surface area contributed by atoms with Crippen LogP contribution >= 0.6 is 11.8 Å². The zero-order valence-electron chi connectivity index (χ0n) is 11.3. The van der Waals surface area contributed by atoms with Crippen molar-refractivity contribution in [2.24, 2.45) is 12.8 Å². The number of aryl methyl sites for hydroxylation is 1. The molecular weight excluding hydrogens is 232 g/mol. The van der Waals surface area contributed by atoms with E-state index in [2.05, 4.69) is 34.7 Å². The van der Waals surface area contributed by atoms with Gasteiger partial charge in [-0.15, -0.1) is 0 Å². The lowest BCUT2D eigenvalue weighted by Gasteiger charge is -2.33. The molecule has 0 saturated heterocycles. The van der Waals surface area contributed by atoms with E-state index in [4.69, 9.17) is 5.73 Å². The predicted molar refractivity (Wildman–Crippen MR) is 75.2 cm³/mol. The van der Waals surface area contributed by atoms with Crippen molar-refractivity contribution < 1.29 is 0 Å². The van der Waals surface area contributed by atoms with Crippen LogP contribution in [0, 0.1) is 0 Å².